The highest BCUT2D eigenvalue weighted by atomic mass is 19.1. The smallest absolute Gasteiger partial charge is 0.225 e. The highest BCUT2D eigenvalue weighted by Crippen LogP contribution is 2.20. The molecule has 6 heteroatoms. The van der Waals surface area contributed by atoms with Gasteiger partial charge in [-0.1, -0.05) is 6.07 Å². The molecule has 1 amide bonds. The Kier molecular flexibility index (Phi) is 5.73. The molecule has 0 aliphatic rings. The summed E-state index contributed by atoms with van der Waals surface area (Å²) >= 11 is 0. The number of para-hydroxylation sites is 1. The van der Waals surface area contributed by atoms with E-state index in [0.717, 1.165) is 12.1 Å². The predicted molar refractivity (Wildman–Crippen MR) is 64.3 cm³/mol. The van der Waals surface area contributed by atoms with E-state index in [9.17, 15) is 13.6 Å². The SMILES string of the molecule is CN(CCC#N)C(=O)CCOc1c(F)cccc1F. The summed E-state index contributed by atoms with van der Waals surface area (Å²) in [5.41, 5.74) is 0. The van der Waals surface area contributed by atoms with E-state index >= 15 is 0 Å². The molecule has 0 saturated carbocycles. The fraction of sp³-hybridized carbons (Fsp3) is 0.385. The van der Waals surface area contributed by atoms with Gasteiger partial charge in [0.25, 0.3) is 0 Å². The minimum Gasteiger partial charge on any atom is -0.487 e. The molecule has 0 spiro atoms. The molecule has 0 N–H and O–H groups in total. The first-order valence-electron chi connectivity index (χ1n) is 5.74. The summed E-state index contributed by atoms with van der Waals surface area (Å²) in [5.74, 6) is -2.32. The van der Waals surface area contributed by atoms with E-state index in [4.69, 9.17) is 10.00 Å². The van der Waals surface area contributed by atoms with E-state index in [2.05, 4.69) is 0 Å². The topological polar surface area (TPSA) is 53.3 Å². The second-order valence-electron chi connectivity index (χ2n) is 3.87. The average Bonchev–Trinajstić information content (AvgIpc) is 2.39. The third kappa shape index (κ3) is 4.54. The fourth-order valence-electron chi connectivity index (χ4n) is 1.39. The van der Waals surface area contributed by atoms with Crippen LogP contribution in [-0.4, -0.2) is 31.0 Å². The lowest BCUT2D eigenvalue weighted by molar-refractivity contribution is -0.130. The molecule has 102 valence electrons. The molecule has 19 heavy (non-hydrogen) atoms. The molecule has 1 aromatic rings. The van der Waals surface area contributed by atoms with Crippen LogP contribution < -0.4 is 4.74 Å². The van der Waals surface area contributed by atoms with Crippen molar-refractivity contribution < 1.29 is 18.3 Å². The molecular weight excluding hydrogens is 254 g/mol. The molecule has 0 aromatic heterocycles. The lowest BCUT2D eigenvalue weighted by atomic mass is 10.3. The maximum absolute atomic E-state index is 13.2. The molecule has 0 aliphatic heterocycles. The van der Waals surface area contributed by atoms with Crippen LogP contribution in [0, 0.1) is 23.0 Å². The van der Waals surface area contributed by atoms with Gasteiger partial charge in [-0.25, -0.2) is 8.78 Å². The van der Waals surface area contributed by atoms with E-state index < -0.39 is 17.4 Å². The number of carbonyl (C=O) groups excluding carboxylic acids is 1. The first-order valence-corrected chi connectivity index (χ1v) is 5.74. The van der Waals surface area contributed by atoms with Crippen LogP contribution in [-0.2, 0) is 4.79 Å². The Morgan fingerprint density at radius 1 is 1.42 bits per heavy atom. The number of benzene rings is 1. The van der Waals surface area contributed by atoms with Crippen molar-refractivity contribution in [2.24, 2.45) is 0 Å². The largest absolute Gasteiger partial charge is 0.487 e. The number of hydrogen-bond donors (Lipinski definition) is 0. The normalized spacial score (nSPS) is 9.79. The van der Waals surface area contributed by atoms with Gasteiger partial charge in [-0.2, -0.15) is 5.26 Å². The summed E-state index contributed by atoms with van der Waals surface area (Å²) in [6.07, 6.45) is 0.237. The highest BCUT2D eigenvalue weighted by molar-refractivity contribution is 5.75. The van der Waals surface area contributed by atoms with E-state index in [1.807, 2.05) is 6.07 Å². The summed E-state index contributed by atoms with van der Waals surface area (Å²) in [6.45, 7) is 0.205. The van der Waals surface area contributed by atoms with Gasteiger partial charge >= 0.3 is 0 Å². The molecule has 0 aliphatic carbocycles. The summed E-state index contributed by atoms with van der Waals surface area (Å²) in [5, 5.41) is 8.39. The Bertz CT molecular complexity index is 466. The van der Waals surface area contributed by atoms with Gasteiger partial charge in [0.15, 0.2) is 17.4 Å². The summed E-state index contributed by atoms with van der Waals surface area (Å²) in [7, 11) is 1.56. The Morgan fingerprint density at radius 2 is 2.05 bits per heavy atom. The van der Waals surface area contributed by atoms with Crippen LogP contribution in [0.5, 0.6) is 5.75 Å². The van der Waals surface area contributed by atoms with Crippen LogP contribution in [0.25, 0.3) is 0 Å². The fourth-order valence-corrected chi connectivity index (χ4v) is 1.39. The van der Waals surface area contributed by atoms with Gasteiger partial charge in [0.05, 0.1) is 25.5 Å². The standard InChI is InChI=1S/C13H14F2N2O2/c1-17(8-3-7-16)12(18)6-9-19-13-10(14)4-2-5-11(13)15/h2,4-5H,3,6,8-9H2,1H3. The maximum atomic E-state index is 13.2. The summed E-state index contributed by atoms with van der Waals surface area (Å²) in [4.78, 5) is 12.9. The van der Waals surface area contributed by atoms with Crippen molar-refractivity contribution in [3.05, 3.63) is 29.8 Å². The van der Waals surface area contributed by atoms with Crippen LogP contribution in [0.1, 0.15) is 12.8 Å². The van der Waals surface area contributed by atoms with Crippen molar-refractivity contribution in [1.82, 2.24) is 4.90 Å². The summed E-state index contributed by atoms with van der Waals surface area (Å²) < 4.78 is 31.3. The molecular formula is C13H14F2N2O2. The lowest BCUT2D eigenvalue weighted by Crippen LogP contribution is -2.28. The van der Waals surface area contributed by atoms with Crippen molar-refractivity contribution in [3.63, 3.8) is 0 Å². The molecule has 0 saturated heterocycles. The molecule has 0 heterocycles. The van der Waals surface area contributed by atoms with Crippen molar-refractivity contribution in [3.8, 4) is 11.8 Å². The monoisotopic (exact) mass is 268 g/mol. The van der Waals surface area contributed by atoms with Crippen molar-refractivity contribution in [2.75, 3.05) is 20.2 Å². The van der Waals surface area contributed by atoms with Crippen molar-refractivity contribution in [1.29, 1.82) is 5.26 Å². The van der Waals surface area contributed by atoms with Gasteiger partial charge in [-0.15, -0.1) is 0 Å². The van der Waals surface area contributed by atoms with E-state index in [1.54, 1.807) is 7.05 Å². The van der Waals surface area contributed by atoms with Crippen LogP contribution in [0.4, 0.5) is 8.78 Å². The molecule has 4 nitrogen and oxygen atoms in total. The predicted octanol–water partition coefficient (Wildman–Crippen LogP) is 2.11. The number of carbonyl (C=O) groups is 1. The Morgan fingerprint density at radius 3 is 2.63 bits per heavy atom. The number of nitrogens with zero attached hydrogens (tertiary/aromatic N) is 2. The highest BCUT2D eigenvalue weighted by Gasteiger charge is 2.12. The lowest BCUT2D eigenvalue weighted by Gasteiger charge is -2.15. The van der Waals surface area contributed by atoms with Crippen LogP contribution in [0.3, 0.4) is 0 Å². The quantitative estimate of drug-likeness (QED) is 0.794. The molecule has 1 rings (SSSR count). The third-order valence-corrected chi connectivity index (χ3v) is 2.47. The van der Waals surface area contributed by atoms with E-state index in [0.29, 0.717) is 6.54 Å². The molecule has 0 radical (unpaired) electrons. The van der Waals surface area contributed by atoms with Gasteiger partial charge in [-0.3, -0.25) is 4.79 Å². The van der Waals surface area contributed by atoms with Crippen molar-refractivity contribution in [2.45, 2.75) is 12.8 Å². The first-order chi connectivity index (χ1) is 9.06. The maximum Gasteiger partial charge on any atom is 0.225 e. The second-order valence-corrected chi connectivity index (χ2v) is 3.87. The van der Waals surface area contributed by atoms with Gasteiger partial charge in [0.1, 0.15) is 0 Å². The molecule has 0 fully saturated rings. The molecule has 0 atom stereocenters. The van der Waals surface area contributed by atoms with Crippen LogP contribution in [0.2, 0.25) is 0 Å². The first kappa shape index (κ1) is 14.9. The zero-order valence-corrected chi connectivity index (χ0v) is 10.5. The summed E-state index contributed by atoms with van der Waals surface area (Å²) in [6, 6.07) is 5.33. The van der Waals surface area contributed by atoms with E-state index in [1.165, 1.54) is 11.0 Å². The number of ether oxygens (including phenoxy) is 1. The van der Waals surface area contributed by atoms with E-state index in [-0.39, 0.29) is 25.4 Å². The average molecular weight is 268 g/mol. The number of amides is 1. The van der Waals surface area contributed by atoms with Crippen LogP contribution in [0.15, 0.2) is 18.2 Å². The second kappa shape index (κ2) is 7.31. The van der Waals surface area contributed by atoms with Crippen LogP contribution >= 0.6 is 0 Å². The van der Waals surface area contributed by atoms with Gasteiger partial charge in [0, 0.05) is 13.6 Å². The van der Waals surface area contributed by atoms with Crippen molar-refractivity contribution >= 4 is 5.91 Å². The zero-order valence-electron chi connectivity index (χ0n) is 10.5. The van der Waals surface area contributed by atoms with Gasteiger partial charge in [0.2, 0.25) is 5.91 Å². The molecule has 0 bridgehead atoms. The molecule has 0 unspecified atom stereocenters. The number of hydrogen-bond acceptors (Lipinski definition) is 3. The number of halogens is 2. The van der Waals surface area contributed by atoms with Gasteiger partial charge in [-0.05, 0) is 12.1 Å². The Hall–Kier alpha value is -2.16. The van der Waals surface area contributed by atoms with Gasteiger partial charge < -0.3 is 9.64 Å². The minimum atomic E-state index is -0.801. The Balaban J connectivity index is 2.42. The number of nitriles is 1. The number of rotatable bonds is 6. The molecule has 1 aromatic carbocycles. The Labute approximate surface area is 110 Å². The zero-order chi connectivity index (χ0) is 14.3. The minimum absolute atomic E-state index is 0.00426. The third-order valence-electron chi connectivity index (χ3n) is 2.47.